The Hall–Kier alpha value is -1.56. The standard InChI is InChI=1S/C13H18N2O3S/c1-9-5-6-10(8-11(9)14)15-13(16)12-4-2-3-7-19(12,17)18/h5-6,8,12H,2-4,7,14H2,1H3,(H,15,16). The zero-order chi connectivity index (χ0) is 14.0. The van der Waals surface area contributed by atoms with Gasteiger partial charge in [-0.25, -0.2) is 8.42 Å². The van der Waals surface area contributed by atoms with Crippen molar-refractivity contribution < 1.29 is 13.2 Å². The maximum absolute atomic E-state index is 12.0. The van der Waals surface area contributed by atoms with Crippen LogP contribution < -0.4 is 11.1 Å². The summed E-state index contributed by atoms with van der Waals surface area (Å²) in [6.07, 6.45) is 1.81. The summed E-state index contributed by atoms with van der Waals surface area (Å²) in [5, 5.41) is 1.71. The fourth-order valence-corrected chi connectivity index (χ4v) is 3.99. The van der Waals surface area contributed by atoms with Crippen molar-refractivity contribution in [3.63, 3.8) is 0 Å². The predicted octanol–water partition coefficient (Wildman–Crippen LogP) is 1.48. The fraction of sp³-hybridized carbons (Fsp3) is 0.462. The molecule has 2 rings (SSSR count). The van der Waals surface area contributed by atoms with Crippen molar-refractivity contribution in [1.82, 2.24) is 0 Å². The Balaban J connectivity index is 2.14. The second kappa shape index (κ2) is 5.21. The van der Waals surface area contributed by atoms with Gasteiger partial charge in [0.1, 0.15) is 5.25 Å². The third-order valence-electron chi connectivity index (χ3n) is 3.42. The third kappa shape index (κ3) is 3.07. The summed E-state index contributed by atoms with van der Waals surface area (Å²) in [7, 11) is -3.30. The van der Waals surface area contributed by atoms with Crippen molar-refractivity contribution >= 4 is 27.1 Å². The SMILES string of the molecule is Cc1ccc(NC(=O)C2CCCCS2(=O)=O)cc1N. The molecule has 1 atom stereocenters. The lowest BCUT2D eigenvalue weighted by Crippen LogP contribution is -2.39. The van der Waals surface area contributed by atoms with Crippen LogP contribution in [0.1, 0.15) is 24.8 Å². The lowest BCUT2D eigenvalue weighted by atomic mass is 10.1. The molecule has 104 valence electrons. The molecule has 6 heteroatoms. The Kier molecular flexibility index (Phi) is 3.80. The molecule has 0 spiro atoms. The molecule has 19 heavy (non-hydrogen) atoms. The van der Waals surface area contributed by atoms with E-state index in [0.717, 1.165) is 12.0 Å². The van der Waals surface area contributed by atoms with Gasteiger partial charge in [0.05, 0.1) is 5.75 Å². The van der Waals surface area contributed by atoms with E-state index in [9.17, 15) is 13.2 Å². The summed E-state index contributed by atoms with van der Waals surface area (Å²) < 4.78 is 23.7. The molecule has 0 aromatic heterocycles. The van der Waals surface area contributed by atoms with E-state index in [-0.39, 0.29) is 5.75 Å². The third-order valence-corrected chi connectivity index (χ3v) is 5.59. The average Bonchev–Trinajstić information content (AvgIpc) is 2.33. The van der Waals surface area contributed by atoms with Crippen molar-refractivity contribution in [3.8, 4) is 0 Å². The molecule has 1 aliphatic rings. The fourth-order valence-electron chi connectivity index (χ4n) is 2.19. The summed E-state index contributed by atoms with van der Waals surface area (Å²) >= 11 is 0. The van der Waals surface area contributed by atoms with Gasteiger partial charge in [0, 0.05) is 11.4 Å². The molecule has 1 amide bonds. The van der Waals surface area contributed by atoms with Crippen LogP contribution in [0, 0.1) is 6.92 Å². The molecule has 3 N–H and O–H groups in total. The van der Waals surface area contributed by atoms with Crippen LogP contribution in [0.3, 0.4) is 0 Å². The van der Waals surface area contributed by atoms with Crippen molar-refractivity contribution in [2.24, 2.45) is 0 Å². The molecule has 1 saturated heterocycles. The van der Waals surface area contributed by atoms with Gasteiger partial charge in [-0.3, -0.25) is 4.79 Å². The topological polar surface area (TPSA) is 89.3 Å². The number of benzene rings is 1. The molecule has 1 heterocycles. The minimum absolute atomic E-state index is 0.0983. The van der Waals surface area contributed by atoms with E-state index in [1.54, 1.807) is 18.2 Å². The van der Waals surface area contributed by atoms with Gasteiger partial charge in [-0.1, -0.05) is 12.5 Å². The Bertz CT molecular complexity index is 596. The van der Waals surface area contributed by atoms with Crippen LogP contribution >= 0.6 is 0 Å². The molecule has 0 bridgehead atoms. The lowest BCUT2D eigenvalue weighted by molar-refractivity contribution is -0.116. The van der Waals surface area contributed by atoms with E-state index < -0.39 is 21.0 Å². The quantitative estimate of drug-likeness (QED) is 0.804. The maximum atomic E-state index is 12.0. The minimum atomic E-state index is -3.30. The number of nitrogens with one attached hydrogen (secondary N) is 1. The first-order valence-corrected chi connectivity index (χ1v) is 8.00. The first kappa shape index (κ1) is 13.9. The van der Waals surface area contributed by atoms with E-state index in [2.05, 4.69) is 5.32 Å². The summed E-state index contributed by atoms with van der Waals surface area (Å²) in [5.74, 6) is -0.357. The Morgan fingerprint density at radius 3 is 2.74 bits per heavy atom. The van der Waals surface area contributed by atoms with Gasteiger partial charge < -0.3 is 11.1 Å². The smallest absolute Gasteiger partial charge is 0.242 e. The number of amides is 1. The van der Waals surface area contributed by atoms with Gasteiger partial charge in [-0.2, -0.15) is 0 Å². The molecule has 0 radical (unpaired) electrons. The molecule has 1 aromatic rings. The second-order valence-electron chi connectivity index (χ2n) is 4.91. The monoisotopic (exact) mass is 282 g/mol. The summed E-state index contributed by atoms with van der Waals surface area (Å²) in [6.45, 7) is 1.87. The van der Waals surface area contributed by atoms with Gasteiger partial charge in [-0.15, -0.1) is 0 Å². The van der Waals surface area contributed by atoms with Crippen LogP contribution in [0.15, 0.2) is 18.2 Å². The Labute approximate surface area is 113 Å². The predicted molar refractivity (Wildman–Crippen MR) is 75.6 cm³/mol. The number of carbonyl (C=O) groups excluding carboxylic acids is 1. The van der Waals surface area contributed by atoms with Crippen LogP contribution in [-0.2, 0) is 14.6 Å². The van der Waals surface area contributed by atoms with E-state index in [1.165, 1.54) is 0 Å². The van der Waals surface area contributed by atoms with Crippen LogP contribution in [0.25, 0.3) is 0 Å². The maximum Gasteiger partial charge on any atom is 0.242 e. The number of nitrogens with two attached hydrogens (primary N) is 1. The van der Waals surface area contributed by atoms with Crippen LogP contribution in [-0.4, -0.2) is 25.3 Å². The van der Waals surface area contributed by atoms with E-state index in [0.29, 0.717) is 24.2 Å². The van der Waals surface area contributed by atoms with E-state index in [1.807, 2.05) is 6.92 Å². The van der Waals surface area contributed by atoms with Crippen LogP contribution in [0.5, 0.6) is 0 Å². The highest BCUT2D eigenvalue weighted by molar-refractivity contribution is 7.92. The van der Waals surface area contributed by atoms with Crippen molar-refractivity contribution in [2.45, 2.75) is 31.4 Å². The van der Waals surface area contributed by atoms with Gasteiger partial charge in [0.25, 0.3) is 0 Å². The molecular formula is C13H18N2O3S. The van der Waals surface area contributed by atoms with E-state index in [4.69, 9.17) is 5.73 Å². The molecule has 1 aromatic carbocycles. The van der Waals surface area contributed by atoms with Crippen molar-refractivity contribution in [1.29, 1.82) is 0 Å². The number of nitrogen functional groups attached to an aromatic ring is 1. The Morgan fingerprint density at radius 2 is 2.11 bits per heavy atom. The molecule has 1 unspecified atom stereocenters. The Morgan fingerprint density at radius 1 is 1.37 bits per heavy atom. The van der Waals surface area contributed by atoms with Gasteiger partial charge in [0.15, 0.2) is 9.84 Å². The lowest BCUT2D eigenvalue weighted by Gasteiger charge is -2.21. The zero-order valence-corrected chi connectivity index (χ0v) is 11.7. The highest BCUT2D eigenvalue weighted by Crippen LogP contribution is 2.22. The largest absolute Gasteiger partial charge is 0.398 e. The normalized spacial score (nSPS) is 21.8. The number of anilines is 2. The molecular weight excluding hydrogens is 264 g/mol. The first-order valence-electron chi connectivity index (χ1n) is 6.29. The number of aryl methyl sites for hydroxylation is 1. The summed E-state index contributed by atoms with van der Waals surface area (Å²) in [5.41, 5.74) is 7.79. The van der Waals surface area contributed by atoms with Crippen LogP contribution in [0.4, 0.5) is 11.4 Å². The van der Waals surface area contributed by atoms with E-state index >= 15 is 0 Å². The average molecular weight is 282 g/mol. The highest BCUT2D eigenvalue weighted by Gasteiger charge is 2.34. The molecule has 1 aliphatic heterocycles. The van der Waals surface area contributed by atoms with Gasteiger partial charge in [-0.05, 0) is 37.5 Å². The molecule has 0 aliphatic carbocycles. The minimum Gasteiger partial charge on any atom is -0.398 e. The number of carbonyl (C=O) groups is 1. The van der Waals surface area contributed by atoms with Crippen molar-refractivity contribution in [3.05, 3.63) is 23.8 Å². The zero-order valence-electron chi connectivity index (χ0n) is 10.8. The first-order chi connectivity index (χ1) is 8.90. The number of rotatable bonds is 2. The molecule has 1 fully saturated rings. The number of hydrogen-bond donors (Lipinski definition) is 2. The highest BCUT2D eigenvalue weighted by atomic mass is 32.2. The second-order valence-corrected chi connectivity index (χ2v) is 7.22. The molecule has 0 saturated carbocycles. The summed E-state index contributed by atoms with van der Waals surface area (Å²) in [6, 6.07) is 5.15. The number of hydrogen-bond acceptors (Lipinski definition) is 4. The summed E-state index contributed by atoms with van der Waals surface area (Å²) in [4.78, 5) is 12.0. The number of sulfone groups is 1. The van der Waals surface area contributed by atoms with Crippen LogP contribution in [0.2, 0.25) is 0 Å². The van der Waals surface area contributed by atoms with Crippen molar-refractivity contribution in [2.75, 3.05) is 16.8 Å². The van der Waals surface area contributed by atoms with Gasteiger partial charge >= 0.3 is 0 Å². The van der Waals surface area contributed by atoms with Gasteiger partial charge in [0.2, 0.25) is 5.91 Å². The molecule has 5 nitrogen and oxygen atoms in total.